The number of nitrogens with zero attached hydrogens (tertiary/aromatic N) is 2. The van der Waals surface area contributed by atoms with Gasteiger partial charge in [-0.25, -0.2) is 0 Å². The molecule has 0 atom stereocenters. The number of rotatable bonds is 2. The Hall–Kier alpha value is -2.04. The van der Waals surface area contributed by atoms with Gasteiger partial charge in [0.1, 0.15) is 11.5 Å². The van der Waals surface area contributed by atoms with E-state index in [1.807, 2.05) is 0 Å². The monoisotopic (exact) mass is 288 g/mol. The largest absolute Gasteiger partial charge is 0.508 e. The van der Waals surface area contributed by atoms with Crippen molar-refractivity contribution in [3.05, 3.63) is 24.0 Å². The standard InChI is InChI=1S/C16H20N2O3/c19-13-8-12(9-14(20)10-13)16-17-15(18-21-16)11-6-4-2-1-3-5-7-11/h8-11,19-20H,1-7H2. The molecule has 1 aromatic carbocycles. The molecule has 0 radical (unpaired) electrons. The van der Waals surface area contributed by atoms with Gasteiger partial charge in [0.15, 0.2) is 5.82 Å². The molecular formula is C16H20N2O3. The van der Waals surface area contributed by atoms with Gasteiger partial charge in [0, 0.05) is 17.5 Å². The molecule has 5 heteroatoms. The Labute approximate surface area is 123 Å². The van der Waals surface area contributed by atoms with Crippen molar-refractivity contribution in [2.75, 3.05) is 0 Å². The van der Waals surface area contributed by atoms with E-state index < -0.39 is 0 Å². The first-order valence-corrected chi connectivity index (χ1v) is 7.59. The fourth-order valence-electron chi connectivity index (χ4n) is 2.95. The average Bonchev–Trinajstić information content (AvgIpc) is 2.86. The molecule has 1 aliphatic rings. The highest BCUT2D eigenvalue weighted by Gasteiger charge is 2.20. The average molecular weight is 288 g/mol. The lowest BCUT2D eigenvalue weighted by Gasteiger charge is -2.15. The Kier molecular flexibility index (Phi) is 4.08. The Bertz CT molecular complexity index is 581. The highest BCUT2D eigenvalue weighted by atomic mass is 16.5. The first kappa shape index (κ1) is 13.9. The van der Waals surface area contributed by atoms with E-state index in [2.05, 4.69) is 10.1 Å². The lowest BCUT2D eigenvalue weighted by atomic mass is 9.91. The van der Waals surface area contributed by atoms with Crippen molar-refractivity contribution >= 4 is 0 Å². The number of phenols is 2. The van der Waals surface area contributed by atoms with Gasteiger partial charge in [-0.1, -0.05) is 37.3 Å². The summed E-state index contributed by atoms with van der Waals surface area (Å²) in [5.41, 5.74) is 0.539. The van der Waals surface area contributed by atoms with Crippen LogP contribution in [0.5, 0.6) is 11.5 Å². The van der Waals surface area contributed by atoms with Crippen LogP contribution >= 0.6 is 0 Å². The molecule has 21 heavy (non-hydrogen) atoms. The number of hydrogen-bond donors (Lipinski definition) is 2. The molecular weight excluding hydrogens is 268 g/mol. The molecule has 0 spiro atoms. The third-order valence-electron chi connectivity index (χ3n) is 4.06. The fraction of sp³-hybridized carbons (Fsp3) is 0.500. The maximum absolute atomic E-state index is 9.53. The van der Waals surface area contributed by atoms with Crippen LogP contribution < -0.4 is 0 Å². The van der Waals surface area contributed by atoms with E-state index in [0.717, 1.165) is 18.7 Å². The Balaban J connectivity index is 1.81. The quantitative estimate of drug-likeness (QED) is 0.873. The van der Waals surface area contributed by atoms with Gasteiger partial charge in [0.25, 0.3) is 5.89 Å². The normalized spacial score (nSPS) is 17.3. The predicted octanol–water partition coefficient (Wildman–Crippen LogP) is 3.98. The minimum absolute atomic E-state index is 0.0179. The van der Waals surface area contributed by atoms with Crippen molar-refractivity contribution in [2.24, 2.45) is 0 Å². The molecule has 1 fully saturated rings. The summed E-state index contributed by atoms with van der Waals surface area (Å²) in [6.45, 7) is 0. The van der Waals surface area contributed by atoms with Gasteiger partial charge in [-0.2, -0.15) is 4.98 Å². The van der Waals surface area contributed by atoms with Crippen molar-refractivity contribution < 1.29 is 14.7 Å². The van der Waals surface area contributed by atoms with Gasteiger partial charge in [0.2, 0.25) is 0 Å². The maximum Gasteiger partial charge on any atom is 0.258 e. The second-order valence-electron chi connectivity index (χ2n) is 5.74. The summed E-state index contributed by atoms with van der Waals surface area (Å²) in [6, 6.07) is 4.29. The van der Waals surface area contributed by atoms with Gasteiger partial charge in [-0.15, -0.1) is 0 Å². The summed E-state index contributed by atoms with van der Waals surface area (Å²) in [6.07, 6.45) is 8.51. The van der Waals surface area contributed by atoms with Crippen LogP contribution in [0.15, 0.2) is 22.7 Å². The molecule has 1 aromatic heterocycles. The second-order valence-corrected chi connectivity index (χ2v) is 5.74. The van der Waals surface area contributed by atoms with Crippen molar-refractivity contribution in [1.82, 2.24) is 10.1 Å². The molecule has 2 aromatic rings. The van der Waals surface area contributed by atoms with E-state index in [4.69, 9.17) is 4.52 Å². The molecule has 5 nitrogen and oxygen atoms in total. The van der Waals surface area contributed by atoms with Crippen molar-refractivity contribution in [3.63, 3.8) is 0 Å². The van der Waals surface area contributed by atoms with Crippen molar-refractivity contribution in [3.8, 4) is 23.0 Å². The Morgan fingerprint density at radius 3 is 2.19 bits per heavy atom. The van der Waals surface area contributed by atoms with Gasteiger partial charge in [0.05, 0.1) is 0 Å². The molecule has 0 bridgehead atoms. The fourth-order valence-corrected chi connectivity index (χ4v) is 2.95. The summed E-state index contributed by atoms with van der Waals surface area (Å²) in [5, 5.41) is 23.2. The van der Waals surface area contributed by atoms with Crippen LogP contribution in [-0.4, -0.2) is 20.4 Å². The summed E-state index contributed by atoms with van der Waals surface area (Å²) in [5.74, 6) is 1.41. The van der Waals surface area contributed by atoms with Gasteiger partial charge in [-0.05, 0) is 25.0 Å². The molecule has 0 aliphatic heterocycles. The van der Waals surface area contributed by atoms with Crippen LogP contribution in [0.4, 0.5) is 0 Å². The number of hydrogen-bond acceptors (Lipinski definition) is 5. The first-order chi connectivity index (χ1) is 10.2. The third kappa shape index (κ3) is 3.35. The highest BCUT2D eigenvalue weighted by molar-refractivity contribution is 5.58. The molecule has 112 valence electrons. The molecule has 3 rings (SSSR count). The molecule has 1 heterocycles. The number of benzene rings is 1. The highest BCUT2D eigenvalue weighted by Crippen LogP contribution is 2.32. The zero-order valence-corrected chi connectivity index (χ0v) is 12.0. The topological polar surface area (TPSA) is 79.4 Å². The van der Waals surface area contributed by atoms with Crippen LogP contribution in [0.1, 0.15) is 56.7 Å². The minimum Gasteiger partial charge on any atom is -0.508 e. The summed E-state index contributed by atoms with van der Waals surface area (Å²) < 4.78 is 5.30. The predicted molar refractivity (Wildman–Crippen MR) is 78.1 cm³/mol. The second kappa shape index (κ2) is 6.16. The number of phenolic OH excluding ortho intramolecular Hbond substituents is 2. The Morgan fingerprint density at radius 1 is 0.905 bits per heavy atom. The molecule has 2 N–H and O–H groups in total. The van der Waals surface area contributed by atoms with Crippen LogP contribution in [0.25, 0.3) is 11.5 Å². The Morgan fingerprint density at radius 2 is 1.52 bits per heavy atom. The lowest BCUT2D eigenvalue weighted by molar-refractivity contribution is 0.392. The summed E-state index contributed by atoms with van der Waals surface area (Å²) in [4.78, 5) is 4.46. The zero-order chi connectivity index (χ0) is 14.7. The van der Waals surface area contributed by atoms with Gasteiger partial charge >= 0.3 is 0 Å². The van der Waals surface area contributed by atoms with E-state index in [-0.39, 0.29) is 11.5 Å². The molecule has 0 saturated heterocycles. The minimum atomic E-state index is -0.0179. The number of aromatic hydroxyl groups is 2. The van der Waals surface area contributed by atoms with Crippen molar-refractivity contribution in [1.29, 1.82) is 0 Å². The van der Waals surface area contributed by atoms with Crippen LogP contribution in [0.2, 0.25) is 0 Å². The molecule has 1 saturated carbocycles. The van der Waals surface area contributed by atoms with E-state index in [9.17, 15) is 10.2 Å². The van der Waals surface area contributed by atoms with E-state index >= 15 is 0 Å². The summed E-state index contributed by atoms with van der Waals surface area (Å²) in [7, 11) is 0. The summed E-state index contributed by atoms with van der Waals surface area (Å²) >= 11 is 0. The maximum atomic E-state index is 9.53. The third-order valence-corrected chi connectivity index (χ3v) is 4.06. The first-order valence-electron chi connectivity index (χ1n) is 7.59. The van der Waals surface area contributed by atoms with Gasteiger partial charge in [-0.3, -0.25) is 0 Å². The van der Waals surface area contributed by atoms with E-state index in [1.165, 1.54) is 50.3 Å². The van der Waals surface area contributed by atoms with E-state index in [1.54, 1.807) is 0 Å². The molecule has 1 aliphatic carbocycles. The van der Waals surface area contributed by atoms with Crippen LogP contribution in [0.3, 0.4) is 0 Å². The van der Waals surface area contributed by atoms with E-state index in [0.29, 0.717) is 17.4 Å². The molecule has 0 amide bonds. The lowest BCUT2D eigenvalue weighted by Crippen LogP contribution is -2.04. The molecule has 0 unspecified atom stereocenters. The van der Waals surface area contributed by atoms with Crippen LogP contribution in [0, 0.1) is 0 Å². The number of aromatic nitrogens is 2. The zero-order valence-electron chi connectivity index (χ0n) is 12.0. The van der Waals surface area contributed by atoms with Crippen molar-refractivity contribution in [2.45, 2.75) is 50.9 Å². The smallest absolute Gasteiger partial charge is 0.258 e. The van der Waals surface area contributed by atoms with Crippen LogP contribution in [-0.2, 0) is 0 Å². The van der Waals surface area contributed by atoms with Gasteiger partial charge < -0.3 is 14.7 Å². The SMILES string of the molecule is Oc1cc(O)cc(-c2nc(C3CCCCCCC3)no2)c1.